The van der Waals surface area contributed by atoms with Gasteiger partial charge in [0, 0.05) is 30.0 Å². The number of hydrogen-bond acceptors (Lipinski definition) is 6. The highest BCUT2D eigenvalue weighted by atomic mass is 16.2. The first-order valence-electron chi connectivity index (χ1n) is 11.0. The SMILES string of the molecule is C=CC(=O)N1CCC[C@@H](n2nc(-c3ccc(Nc4ccccc4)cc3)c3c(N)ncnc32)C1. The van der Waals surface area contributed by atoms with Crippen molar-refractivity contribution in [1.82, 2.24) is 24.6 Å². The average molecular weight is 440 g/mol. The minimum Gasteiger partial charge on any atom is -0.383 e. The Kier molecular flexibility index (Phi) is 5.48. The number of hydrogen-bond donors (Lipinski definition) is 2. The van der Waals surface area contributed by atoms with Crippen molar-refractivity contribution in [3.05, 3.63) is 73.6 Å². The third-order valence-electron chi connectivity index (χ3n) is 5.97. The third-order valence-corrected chi connectivity index (χ3v) is 5.97. The second kappa shape index (κ2) is 8.74. The molecule has 2 aromatic carbocycles. The Labute approximate surface area is 191 Å². The molecule has 1 atom stereocenters. The number of nitrogens with two attached hydrogens (primary N) is 1. The van der Waals surface area contributed by atoms with E-state index >= 15 is 0 Å². The van der Waals surface area contributed by atoms with Gasteiger partial charge < -0.3 is 16.0 Å². The van der Waals surface area contributed by atoms with Crippen LogP contribution in [0.25, 0.3) is 22.3 Å². The lowest BCUT2D eigenvalue weighted by atomic mass is 10.1. The standard InChI is InChI=1S/C25H25N7O/c1-2-21(33)31-14-6-9-20(15-31)32-25-22(24(26)27-16-28-25)23(30-32)17-10-12-19(13-11-17)29-18-7-4-3-5-8-18/h2-5,7-8,10-13,16,20,29H,1,6,9,14-15H2,(H2,26,27,28)/t20-/m1/s1. The summed E-state index contributed by atoms with van der Waals surface area (Å²) in [7, 11) is 0. The van der Waals surface area contributed by atoms with Crippen LogP contribution in [0.5, 0.6) is 0 Å². The number of anilines is 3. The Balaban J connectivity index is 1.50. The molecule has 2 aromatic heterocycles. The van der Waals surface area contributed by atoms with Gasteiger partial charge in [0.05, 0.1) is 11.4 Å². The largest absolute Gasteiger partial charge is 0.383 e. The van der Waals surface area contributed by atoms with E-state index in [-0.39, 0.29) is 11.9 Å². The molecule has 33 heavy (non-hydrogen) atoms. The van der Waals surface area contributed by atoms with Crippen LogP contribution in [-0.4, -0.2) is 43.6 Å². The van der Waals surface area contributed by atoms with Gasteiger partial charge in [-0.15, -0.1) is 0 Å². The number of para-hydroxylation sites is 1. The predicted molar refractivity (Wildman–Crippen MR) is 130 cm³/mol. The molecular formula is C25H25N7O. The van der Waals surface area contributed by atoms with Gasteiger partial charge in [0.15, 0.2) is 5.65 Å². The molecule has 8 nitrogen and oxygen atoms in total. The molecule has 3 heterocycles. The summed E-state index contributed by atoms with van der Waals surface area (Å²) in [5, 5.41) is 9.05. The first kappa shape index (κ1) is 20.7. The summed E-state index contributed by atoms with van der Waals surface area (Å²) in [5.74, 6) is 0.328. The fourth-order valence-electron chi connectivity index (χ4n) is 4.34. The van der Waals surface area contributed by atoms with Crippen molar-refractivity contribution < 1.29 is 4.79 Å². The monoisotopic (exact) mass is 439 g/mol. The third kappa shape index (κ3) is 4.03. The van der Waals surface area contributed by atoms with Crippen LogP contribution in [0.2, 0.25) is 0 Å². The van der Waals surface area contributed by atoms with Crippen molar-refractivity contribution in [2.75, 3.05) is 24.1 Å². The quantitative estimate of drug-likeness (QED) is 0.453. The van der Waals surface area contributed by atoms with Gasteiger partial charge in [0.2, 0.25) is 5.91 Å². The Morgan fingerprint density at radius 3 is 2.61 bits per heavy atom. The number of benzene rings is 2. The fraction of sp³-hybridized carbons (Fsp3) is 0.200. The molecule has 166 valence electrons. The van der Waals surface area contributed by atoms with Gasteiger partial charge in [-0.1, -0.05) is 36.9 Å². The maximum Gasteiger partial charge on any atom is 0.246 e. The van der Waals surface area contributed by atoms with Crippen LogP contribution in [-0.2, 0) is 4.79 Å². The Morgan fingerprint density at radius 2 is 1.85 bits per heavy atom. The van der Waals surface area contributed by atoms with Crippen molar-refractivity contribution in [3.63, 3.8) is 0 Å². The molecule has 0 bridgehead atoms. The number of carbonyl (C=O) groups is 1. The van der Waals surface area contributed by atoms with E-state index in [1.165, 1.54) is 12.4 Å². The summed E-state index contributed by atoms with van der Waals surface area (Å²) < 4.78 is 1.90. The van der Waals surface area contributed by atoms with Crippen LogP contribution in [0, 0.1) is 0 Å². The van der Waals surface area contributed by atoms with Crippen LogP contribution in [0.1, 0.15) is 18.9 Å². The summed E-state index contributed by atoms with van der Waals surface area (Å²) in [6.07, 6.45) is 4.62. The van der Waals surface area contributed by atoms with E-state index in [4.69, 9.17) is 10.8 Å². The van der Waals surface area contributed by atoms with E-state index in [0.29, 0.717) is 18.0 Å². The molecule has 0 aliphatic carbocycles. The fourth-order valence-corrected chi connectivity index (χ4v) is 4.34. The van der Waals surface area contributed by atoms with Crippen LogP contribution in [0.3, 0.4) is 0 Å². The van der Waals surface area contributed by atoms with Gasteiger partial charge in [0.1, 0.15) is 17.8 Å². The molecule has 3 N–H and O–H groups in total. The number of likely N-dealkylation sites (tertiary alicyclic amines) is 1. The van der Waals surface area contributed by atoms with Gasteiger partial charge >= 0.3 is 0 Å². The highest BCUT2D eigenvalue weighted by Crippen LogP contribution is 2.34. The second-order valence-corrected chi connectivity index (χ2v) is 8.10. The lowest BCUT2D eigenvalue weighted by Crippen LogP contribution is -2.40. The van der Waals surface area contributed by atoms with Crippen LogP contribution < -0.4 is 11.1 Å². The predicted octanol–water partition coefficient (Wildman–Crippen LogP) is 4.17. The van der Waals surface area contributed by atoms with Gasteiger partial charge in [-0.3, -0.25) is 4.79 Å². The number of nitrogens with one attached hydrogen (secondary N) is 1. The first-order valence-corrected chi connectivity index (χ1v) is 11.0. The molecular weight excluding hydrogens is 414 g/mol. The summed E-state index contributed by atoms with van der Waals surface area (Å²) >= 11 is 0. The second-order valence-electron chi connectivity index (χ2n) is 8.10. The average Bonchev–Trinajstić information content (AvgIpc) is 3.26. The zero-order valence-electron chi connectivity index (χ0n) is 18.2. The summed E-state index contributed by atoms with van der Waals surface area (Å²) in [5.41, 5.74) is 10.6. The van der Waals surface area contributed by atoms with Gasteiger partial charge in [0.25, 0.3) is 0 Å². The molecule has 8 heteroatoms. The van der Waals surface area contributed by atoms with Crippen molar-refractivity contribution in [2.45, 2.75) is 18.9 Å². The molecule has 0 radical (unpaired) electrons. The molecule has 0 unspecified atom stereocenters. The summed E-state index contributed by atoms with van der Waals surface area (Å²) in [6, 6.07) is 18.1. The number of fused-ring (bicyclic) bond motifs is 1. The van der Waals surface area contributed by atoms with E-state index in [1.807, 2.05) is 64.2 Å². The highest BCUT2D eigenvalue weighted by Gasteiger charge is 2.27. The molecule has 1 fully saturated rings. The van der Waals surface area contributed by atoms with Gasteiger partial charge in [-0.25, -0.2) is 14.6 Å². The van der Waals surface area contributed by atoms with Crippen molar-refractivity contribution in [3.8, 4) is 11.3 Å². The minimum atomic E-state index is -0.0629. The Bertz CT molecular complexity index is 1300. The normalized spacial score (nSPS) is 16.0. The summed E-state index contributed by atoms with van der Waals surface area (Å²) in [6.45, 7) is 4.90. The smallest absolute Gasteiger partial charge is 0.246 e. The lowest BCUT2D eigenvalue weighted by molar-refractivity contribution is -0.127. The number of aromatic nitrogens is 4. The number of carbonyl (C=O) groups excluding carboxylic acids is 1. The number of rotatable bonds is 5. The Morgan fingerprint density at radius 1 is 1.09 bits per heavy atom. The molecule has 0 spiro atoms. The number of amides is 1. The lowest BCUT2D eigenvalue weighted by Gasteiger charge is -2.32. The van der Waals surface area contributed by atoms with Crippen molar-refractivity contribution in [2.24, 2.45) is 0 Å². The summed E-state index contributed by atoms with van der Waals surface area (Å²) in [4.78, 5) is 22.7. The van der Waals surface area contributed by atoms with Crippen molar-refractivity contribution >= 4 is 34.1 Å². The maximum absolute atomic E-state index is 12.2. The zero-order chi connectivity index (χ0) is 22.8. The van der Waals surface area contributed by atoms with Gasteiger partial charge in [-0.05, 0) is 43.2 Å². The van der Waals surface area contributed by atoms with E-state index in [2.05, 4.69) is 21.9 Å². The Hall–Kier alpha value is -4.20. The van der Waals surface area contributed by atoms with E-state index in [1.54, 1.807) is 0 Å². The molecule has 1 amide bonds. The van der Waals surface area contributed by atoms with E-state index in [0.717, 1.165) is 47.4 Å². The molecule has 5 rings (SSSR count). The number of nitrogens with zero attached hydrogens (tertiary/aromatic N) is 5. The molecule has 1 aliphatic heterocycles. The van der Waals surface area contributed by atoms with Crippen LogP contribution >= 0.6 is 0 Å². The molecule has 0 saturated carbocycles. The number of nitrogen functional groups attached to an aromatic ring is 1. The van der Waals surface area contributed by atoms with Crippen LogP contribution in [0.4, 0.5) is 17.2 Å². The molecule has 4 aromatic rings. The van der Waals surface area contributed by atoms with Crippen LogP contribution in [0.15, 0.2) is 73.6 Å². The molecule has 1 aliphatic rings. The topological polar surface area (TPSA) is 102 Å². The van der Waals surface area contributed by atoms with Crippen molar-refractivity contribution in [1.29, 1.82) is 0 Å². The highest BCUT2D eigenvalue weighted by molar-refractivity contribution is 5.98. The zero-order valence-corrected chi connectivity index (χ0v) is 18.2. The van der Waals surface area contributed by atoms with E-state index < -0.39 is 0 Å². The molecule has 1 saturated heterocycles. The first-order chi connectivity index (χ1) is 16.1. The van der Waals surface area contributed by atoms with E-state index in [9.17, 15) is 4.79 Å². The van der Waals surface area contributed by atoms with Gasteiger partial charge in [-0.2, -0.15) is 5.10 Å². The minimum absolute atomic E-state index is 0.00669. The maximum atomic E-state index is 12.2. The number of piperidine rings is 1.